The molecule has 3 aliphatic rings. The highest BCUT2D eigenvalue weighted by Gasteiger charge is 2.35. The van der Waals surface area contributed by atoms with Crippen LogP contribution in [0, 0.1) is 5.82 Å². The Bertz CT molecular complexity index is 1240. The van der Waals surface area contributed by atoms with Gasteiger partial charge in [-0.25, -0.2) is 4.39 Å². The fourth-order valence-electron chi connectivity index (χ4n) is 5.07. The highest BCUT2D eigenvalue weighted by atomic mass is 32.2. The van der Waals surface area contributed by atoms with E-state index in [2.05, 4.69) is 26.3 Å². The number of hydrogen-bond acceptors (Lipinski definition) is 7. The summed E-state index contributed by atoms with van der Waals surface area (Å²) in [6.07, 6.45) is 5.06. The third-order valence-corrected chi connectivity index (χ3v) is 7.71. The van der Waals surface area contributed by atoms with Crippen LogP contribution in [0.1, 0.15) is 30.1 Å². The molecule has 3 aliphatic heterocycles. The van der Waals surface area contributed by atoms with Gasteiger partial charge < -0.3 is 14.6 Å². The van der Waals surface area contributed by atoms with E-state index in [4.69, 9.17) is 4.74 Å². The standard InChI is InChI=1S/C23H24FN5O2S/c24-16-11-27-17-1-2-21(30)29-13-18(22(16)23(17)29)28-5-3-14(4-6-28)25-10-15-9-20-19(12-26-15)31-7-8-32-20/h1-2,9,11-12,14,18,25H,3-8,10,13H2. The van der Waals surface area contributed by atoms with Crippen molar-refractivity contribution < 1.29 is 9.13 Å². The van der Waals surface area contributed by atoms with E-state index >= 15 is 0 Å². The van der Waals surface area contributed by atoms with Crippen molar-refractivity contribution in [3.63, 3.8) is 0 Å². The molecule has 32 heavy (non-hydrogen) atoms. The SMILES string of the molecule is O=c1ccc2ncc(F)c3c2n1CC3N1CCC(NCc2cc3c(cn2)OCCS3)CC1. The number of aromatic nitrogens is 3. The molecule has 1 atom stereocenters. The average Bonchev–Trinajstić information content (AvgIpc) is 3.25. The number of piperidine rings is 1. The molecule has 6 heterocycles. The molecular weight excluding hydrogens is 429 g/mol. The van der Waals surface area contributed by atoms with E-state index in [1.54, 1.807) is 10.6 Å². The summed E-state index contributed by atoms with van der Waals surface area (Å²) in [5.74, 6) is 1.54. The van der Waals surface area contributed by atoms with Gasteiger partial charge >= 0.3 is 0 Å². The summed E-state index contributed by atoms with van der Waals surface area (Å²) in [6, 6.07) is 5.61. The number of ether oxygens (including phenoxy) is 1. The minimum atomic E-state index is -0.320. The zero-order chi connectivity index (χ0) is 21.7. The highest BCUT2D eigenvalue weighted by molar-refractivity contribution is 7.99. The second-order valence-corrected chi connectivity index (χ2v) is 9.70. The Morgan fingerprint density at radius 2 is 2.09 bits per heavy atom. The summed E-state index contributed by atoms with van der Waals surface area (Å²) in [5, 5.41) is 3.63. The molecule has 166 valence electrons. The second-order valence-electron chi connectivity index (χ2n) is 8.56. The molecule has 7 nitrogen and oxygen atoms in total. The Balaban J connectivity index is 1.11. The molecule has 1 fully saturated rings. The van der Waals surface area contributed by atoms with Crippen LogP contribution in [-0.4, -0.2) is 50.9 Å². The molecule has 9 heteroatoms. The van der Waals surface area contributed by atoms with E-state index in [1.807, 2.05) is 18.0 Å². The molecular formula is C23H24FN5O2S. The number of pyridine rings is 3. The molecule has 3 aromatic heterocycles. The van der Waals surface area contributed by atoms with Crippen molar-refractivity contribution in [1.29, 1.82) is 0 Å². The summed E-state index contributed by atoms with van der Waals surface area (Å²) in [4.78, 5) is 24.5. The van der Waals surface area contributed by atoms with Crippen molar-refractivity contribution in [2.75, 3.05) is 25.4 Å². The summed E-state index contributed by atoms with van der Waals surface area (Å²) < 4.78 is 22.1. The normalized spacial score (nSPS) is 21.0. The predicted molar refractivity (Wildman–Crippen MR) is 121 cm³/mol. The van der Waals surface area contributed by atoms with Crippen LogP contribution in [0.4, 0.5) is 4.39 Å². The lowest BCUT2D eigenvalue weighted by atomic mass is 10.00. The van der Waals surface area contributed by atoms with Crippen LogP contribution in [0.15, 0.2) is 40.3 Å². The molecule has 0 radical (unpaired) electrons. The number of nitrogens with zero attached hydrogens (tertiary/aromatic N) is 4. The number of halogens is 1. The van der Waals surface area contributed by atoms with Crippen LogP contribution in [0.2, 0.25) is 0 Å². The fourth-order valence-corrected chi connectivity index (χ4v) is 5.93. The van der Waals surface area contributed by atoms with Crippen molar-refractivity contribution in [2.24, 2.45) is 0 Å². The van der Waals surface area contributed by atoms with E-state index in [-0.39, 0.29) is 17.4 Å². The number of rotatable bonds is 4. The van der Waals surface area contributed by atoms with Gasteiger partial charge in [0.25, 0.3) is 5.56 Å². The van der Waals surface area contributed by atoms with Gasteiger partial charge in [0, 0.05) is 49.6 Å². The molecule has 0 bridgehead atoms. The van der Waals surface area contributed by atoms with Crippen molar-refractivity contribution in [2.45, 2.75) is 42.9 Å². The largest absolute Gasteiger partial charge is 0.490 e. The maximum absolute atomic E-state index is 14.8. The van der Waals surface area contributed by atoms with Crippen LogP contribution in [-0.2, 0) is 13.1 Å². The number of fused-ring (bicyclic) bond motifs is 1. The van der Waals surface area contributed by atoms with E-state index in [9.17, 15) is 9.18 Å². The summed E-state index contributed by atoms with van der Waals surface area (Å²) >= 11 is 1.81. The number of thioether (sulfide) groups is 1. The summed E-state index contributed by atoms with van der Waals surface area (Å²) in [5.41, 5.74) is 2.89. The lowest BCUT2D eigenvalue weighted by Crippen LogP contribution is -2.44. The number of hydrogen-bond donors (Lipinski definition) is 1. The Morgan fingerprint density at radius 1 is 1.22 bits per heavy atom. The molecule has 0 saturated carbocycles. The van der Waals surface area contributed by atoms with Gasteiger partial charge in [-0.05, 0) is 25.0 Å². The van der Waals surface area contributed by atoms with Gasteiger partial charge in [0.1, 0.15) is 5.82 Å². The monoisotopic (exact) mass is 453 g/mol. The van der Waals surface area contributed by atoms with E-state index in [1.165, 1.54) is 17.2 Å². The zero-order valence-electron chi connectivity index (χ0n) is 17.6. The van der Waals surface area contributed by atoms with Crippen molar-refractivity contribution in [3.8, 4) is 5.75 Å². The molecule has 6 rings (SSSR count). The summed E-state index contributed by atoms with van der Waals surface area (Å²) in [7, 11) is 0. The smallest absolute Gasteiger partial charge is 0.251 e. The Morgan fingerprint density at radius 3 is 2.97 bits per heavy atom. The van der Waals surface area contributed by atoms with Crippen LogP contribution in [0.3, 0.4) is 0 Å². The highest BCUT2D eigenvalue weighted by Crippen LogP contribution is 2.37. The lowest BCUT2D eigenvalue weighted by Gasteiger charge is -2.36. The van der Waals surface area contributed by atoms with Crippen LogP contribution in [0.25, 0.3) is 11.0 Å². The van der Waals surface area contributed by atoms with Gasteiger partial charge in [-0.1, -0.05) is 0 Å². The maximum atomic E-state index is 14.8. The Labute approximate surface area is 189 Å². The maximum Gasteiger partial charge on any atom is 0.251 e. The average molecular weight is 454 g/mol. The van der Waals surface area contributed by atoms with Gasteiger partial charge in [0.2, 0.25) is 0 Å². The topological polar surface area (TPSA) is 72.3 Å². The predicted octanol–water partition coefficient (Wildman–Crippen LogP) is 2.72. The minimum Gasteiger partial charge on any atom is -0.490 e. The molecule has 0 spiro atoms. The van der Waals surface area contributed by atoms with Crippen molar-refractivity contribution >= 4 is 22.8 Å². The number of nitrogens with one attached hydrogen (secondary N) is 1. The third kappa shape index (κ3) is 3.48. The Kier molecular flexibility index (Phi) is 5.12. The molecule has 3 aromatic rings. The second kappa shape index (κ2) is 8.13. The quantitative estimate of drug-likeness (QED) is 0.651. The van der Waals surface area contributed by atoms with Gasteiger partial charge in [0.05, 0.1) is 46.7 Å². The van der Waals surface area contributed by atoms with Gasteiger partial charge in [-0.2, -0.15) is 0 Å². The molecule has 1 N–H and O–H groups in total. The van der Waals surface area contributed by atoms with E-state index < -0.39 is 0 Å². The molecule has 1 saturated heterocycles. The van der Waals surface area contributed by atoms with Gasteiger partial charge in [-0.15, -0.1) is 11.8 Å². The Hall–Kier alpha value is -2.49. The zero-order valence-corrected chi connectivity index (χ0v) is 18.4. The van der Waals surface area contributed by atoms with Gasteiger partial charge in [-0.3, -0.25) is 19.7 Å². The van der Waals surface area contributed by atoms with Crippen molar-refractivity contribution in [1.82, 2.24) is 24.8 Å². The fraction of sp³-hybridized carbons (Fsp3) is 0.435. The first-order valence-electron chi connectivity index (χ1n) is 11.1. The first-order chi connectivity index (χ1) is 15.7. The van der Waals surface area contributed by atoms with Crippen LogP contribution >= 0.6 is 11.8 Å². The minimum absolute atomic E-state index is 0.0914. The molecule has 0 aromatic carbocycles. The molecule has 0 aliphatic carbocycles. The lowest BCUT2D eigenvalue weighted by molar-refractivity contribution is 0.134. The third-order valence-electron chi connectivity index (χ3n) is 6.71. The molecule has 1 unspecified atom stereocenters. The number of likely N-dealkylation sites (tertiary alicyclic amines) is 1. The van der Waals surface area contributed by atoms with E-state index in [0.717, 1.165) is 56.3 Å². The van der Waals surface area contributed by atoms with Crippen LogP contribution in [0.5, 0.6) is 5.75 Å². The molecule has 0 amide bonds. The van der Waals surface area contributed by atoms with Crippen LogP contribution < -0.4 is 15.6 Å². The first-order valence-corrected chi connectivity index (χ1v) is 12.1. The van der Waals surface area contributed by atoms with Crippen molar-refractivity contribution in [3.05, 3.63) is 58.0 Å². The van der Waals surface area contributed by atoms with E-state index in [0.29, 0.717) is 29.2 Å². The first kappa shape index (κ1) is 20.1. The summed E-state index contributed by atoms with van der Waals surface area (Å²) in [6.45, 7) is 3.67. The van der Waals surface area contributed by atoms with Gasteiger partial charge in [0.15, 0.2) is 5.75 Å².